The molecule has 0 aliphatic rings. The van der Waals surface area contributed by atoms with Crippen molar-refractivity contribution in [3.05, 3.63) is 59.7 Å². The molecule has 0 spiro atoms. The average Bonchev–Trinajstić information content (AvgIpc) is 2.63. The molecule has 0 atom stereocenters. The number of benzene rings is 2. The van der Waals surface area contributed by atoms with Crippen molar-refractivity contribution in [3.8, 4) is 5.75 Å². The van der Waals surface area contributed by atoms with Crippen molar-refractivity contribution < 1.29 is 13.5 Å². The van der Waals surface area contributed by atoms with Crippen LogP contribution in [0.1, 0.15) is 11.1 Å². The third kappa shape index (κ3) is 7.58. The molecule has 0 aliphatic heterocycles. The molecule has 5 nitrogen and oxygen atoms in total. The fourth-order valence-corrected chi connectivity index (χ4v) is 2.39. The molecule has 8 heteroatoms. The van der Waals surface area contributed by atoms with Gasteiger partial charge in [0.1, 0.15) is 5.75 Å². The van der Waals surface area contributed by atoms with Gasteiger partial charge in [0.15, 0.2) is 5.96 Å². The van der Waals surface area contributed by atoms with Crippen LogP contribution >= 0.6 is 24.0 Å². The summed E-state index contributed by atoms with van der Waals surface area (Å²) in [4.78, 5) is 6.20. The van der Waals surface area contributed by atoms with Crippen LogP contribution in [0, 0.1) is 0 Å². The Bertz CT molecular complexity index is 741. The van der Waals surface area contributed by atoms with Crippen molar-refractivity contribution >= 4 is 35.6 Å². The number of alkyl halides is 2. The van der Waals surface area contributed by atoms with Crippen LogP contribution in [0.2, 0.25) is 0 Å². The number of rotatable bonds is 7. The smallest absolute Gasteiger partial charge is 0.387 e. The lowest BCUT2D eigenvalue weighted by Gasteiger charge is -2.16. The molecule has 0 fully saturated rings. The van der Waals surface area contributed by atoms with Crippen LogP contribution in [0.25, 0.3) is 0 Å². The summed E-state index contributed by atoms with van der Waals surface area (Å²) in [6, 6.07) is 14.8. The van der Waals surface area contributed by atoms with Crippen molar-refractivity contribution in [2.45, 2.75) is 19.7 Å². The monoisotopic (exact) mass is 490 g/mol. The third-order valence-electron chi connectivity index (χ3n) is 3.75. The van der Waals surface area contributed by atoms with Gasteiger partial charge in [0.25, 0.3) is 0 Å². The van der Waals surface area contributed by atoms with E-state index in [2.05, 4.69) is 26.4 Å². The lowest BCUT2D eigenvalue weighted by atomic mass is 10.2. The number of anilines is 1. The van der Waals surface area contributed by atoms with Gasteiger partial charge in [0.2, 0.25) is 0 Å². The molecule has 2 N–H and O–H groups in total. The first kappa shape index (κ1) is 22.9. The average molecular weight is 490 g/mol. The van der Waals surface area contributed by atoms with Gasteiger partial charge in [-0.2, -0.15) is 8.78 Å². The summed E-state index contributed by atoms with van der Waals surface area (Å²) >= 11 is 0. The molecule has 0 aliphatic carbocycles. The highest BCUT2D eigenvalue weighted by molar-refractivity contribution is 14.0. The van der Waals surface area contributed by atoms with Crippen LogP contribution in [-0.4, -0.2) is 33.7 Å². The molecule has 27 heavy (non-hydrogen) atoms. The van der Waals surface area contributed by atoms with E-state index < -0.39 is 6.61 Å². The Morgan fingerprint density at radius 3 is 2.44 bits per heavy atom. The first-order valence-corrected chi connectivity index (χ1v) is 8.23. The van der Waals surface area contributed by atoms with Crippen molar-refractivity contribution in [2.75, 3.05) is 26.0 Å². The van der Waals surface area contributed by atoms with Gasteiger partial charge >= 0.3 is 6.61 Å². The highest BCUT2D eigenvalue weighted by Crippen LogP contribution is 2.20. The minimum atomic E-state index is -2.85. The second kappa shape index (κ2) is 11.6. The first-order chi connectivity index (χ1) is 12.5. The van der Waals surface area contributed by atoms with Gasteiger partial charge in [-0.1, -0.05) is 30.3 Å². The zero-order valence-corrected chi connectivity index (χ0v) is 17.9. The molecular weight excluding hydrogens is 465 g/mol. The Labute approximate surface area is 175 Å². The molecule has 0 bridgehead atoms. The van der Waals surface area contributed by atoms with Gasteiger partial charge in [0.05, 0.1) is 0 Å². The Morgan fingerprint density at radius 1 is 1.07 bits per heavy atom. The van der Waals surface area contributed by atoms with Gasteiger partial charge in [-0.05, 0) is 23.8 Å². The molecule has 0 heterocycles. The molecule has 2 aromatic rings. The van der Waals surface area contributed by atoms with Crippen LogP contribution in [0.3, 0.4) is 0 Å². The molecule has 148 valence electrons. The molecule has 0 unspecified atom stereocenters. The van der Waals surface area contributed by atoms with Gasteiger partial charge in [0, 0.05) is 45.5 Å². The minimum absolute atomic E-state index is 0. The van der Waals surface area contributed by atoms with Crippen LogP contribution in [0.4, 0.5) is 14.5 Å². The summed E-state index contributed by atoms with van der Waals surface area (Å²) in [5.41, 5.74) is 2.86. The van der Waals surface area contributed by atoms with E-state index in [0.29, 0.717) is 24.6 Å². The predicted octanol–water partition coefficient (Wildman–Crippen LogP) is 3.84. The third-order valence-corrected chi connectivity index (χ3v) is 3.75. The van der Waals surface area contributed by atoms with Crippen molar-refractivity contribution in [1.82, 2.24) is 10.6 Å². The SMILES string of the molecule is CN=C(NCc1cccc(N(C)C)c1)NCc1ccccc1OC(F)F.I. The van der Waals surface area contributed by atoms with Crippen molar-refractivity contribution in [1.29, 1.82) is 0 Å². The number of nitrogens with one attached hydrogen (secondary N) is 2. The zero-order chi connectivity index (χ0) is 18.9. The van der Waals surface area contributed by atoms with Gasteiger partial charge in [-0.25, -0.2) is 0 Å². The van der Waals surface area contributed by atoms with Crippen LogP contribution in [-0.2, 0) is 13.1 Å². The number of para-hydroxylation sites is 1. The molecule has 0 radical (unpaired) electrons. The molecule has 0 aromatic heterocycles. The Kier molecular flexibility index (Phi) is 9.84. The lowest BCUT2D eigenvalue weighted by molar-refractivity contribution is -0.0504. The van der Waals surface area contributed by atoms with E-state index in [4.69, 9.17) is 0 Å². The maximum absolute atomic E-state index is 12.5. The summed E-state index contributed by atoms with van der Waals surface area (Å²) in [5.74, 6) is 0.733. The second-order valence-electron chi connectivity index (χ2n) is 5.83. The number of hydrogen-bond donors (Lipinski definition) is 2. The van der Waals surface area contributed by atoms with Gasteiger partial charge in [-0.3, -0.25) is 4.99 Å². The van der Waals surface area contributed by atoms with E-state index in [9.17, 15) is 8.78 Å². The first-order valence-electron chi connectivity index (χ1n) is 8.23. The van der Waals surface area contributed by atoms with E-state index in [1.165, 1.54) is 6.07 Å². The quantitative estimate of drug-likeness (QED) is 0.352. The molecular formula is C19H25F2IN4O. The fourth-order valence-electron chi connectivity index (χ4n) is 2.39. The summed E-state index contributed by atoms with van der Waals surface area (Å²) in [7, 11) is 5.64. The van der Waals surface area contributed by atoms with Crippen molar-refractivity contribution in [3.63, 3.8) is 0 Å². The fraction of sp³-hybridized carbons (Fsp3) is 0.316. The van der Waals surface area contributed by atoms with Crippen LogP contribution < -0.4 is 20.3 Å². The number of guanidine groups is 1. The van der Waals surface area contributed by atoms with Crippen LogP contribution in [0.15, 0.2) is 53.5 Å². The maximum atomic E-state index is 12.5. The molecule has 2 aromatic carbocycles. The summed E-state index contributed by atoms with van der Waals surface area (Å²) in [6.45, 7) is -1.94. The lowest BCUT2D eigenvalue weighted by Crippen LogP contribution is -2.36. The number of hydrogen-bond acceptors (Lipinski definition) is 3. The molecule has 0 saturated heterocycles. The zero-order valence-electron chi connectivity index (χ0n) is 15.6. The summed E-state index contributed by atoms with van der Waals surface area (Å²) < 4.78 is 29.5. The number of aliphatic imine (C=N–C) groups is 1. The number of nitrogens with zero attached hydrogens (tertiary/aromatic N) is 2. The standard InChI is InChI=1S/C19H24F2N4O.HI/c1-22-19(23-12-14-7-6-9-16(11-14)25(2)3)24-13-15-8-4-5-10-17(15)26-18(20)21;/h4-11,18H,12-13H2,1-3H3,(H2,22,23,24);1H. The molecule has 0 amide bonds. The largest absolute Gasteiger partial charge is 0.434 e. The summed E-state index contributed by atoms with van der Waals surface area (Å²) in [5, 5.41) is 6.32. The minimum Gasteiger partial charge on any atom is -0.434 e. The Morgan fingerprint density at radius 2 is 1.78 bits per heavy atom. The van der Waals surface area contributed by atoms with Crippen LogP contribution in [0.5, 0.6) is 5.75 Å². The van der Waals surface area contributed by atoms with Gasteiger partial charge < -0.3 is 20.3 Å². The van der Waals surface area contributed by atoms with E-state index in [1.807, 2.05) is 37.2 Å². The normalized spacial score (nSPS) is 11.0. The van der Waals surface area contributed by atoms with E-state index >= 15 is 0 Å². The molecule has 2 rings (SSSR count). The van der Waals surface area contributed by atoms with E-state index in [-0.39, 0.29) is 29.7 Å². The maximum Gasteiger partial charge on any atom is 0.387 e. The Balaban J connectivity index is 0.00000364. The number of halogens is 3. The summed E-state index contributed by atoms with van der Waals surface area (Å²) in [6.07, 6.45) is 0. The van der Waals surface area contributed by atoms with E-state index in [1.54, 1.807) is 25.2 Å². The Hall–Kier alpha value is -2.10. The van der Waals surface area contributed by atoms with E-state index in [0.717, 1.165) is 11.3 Å². The molecule has 0 saturated carbocycles. The highest BCUT2D eigenvalue weighted by Gasteiger charge is 2.09. The topological polar surface area (TPSA) is 48.9 Å². The second-order valence-corrected chi connectivity index (χ2v) is 5.83. The van der Waals surface area contributed by atoms with Gasteiger partial charge in [-0.15, -0.1) is 24.0 Å². The predicted molar refractivity (Wildman–Crippen MR) is 116 cm³/mol. The van der Waals surface area contributed by atoms with Crippen molar-refractivity contribution in [2.24, 2.45) is 4.99 Å². The highest BCUT2D eigenvalue weighted by atomic mass is 127. The number of ether oxygens (including phenoxy) is 1.